The van der Waals surface area contributed by atoms with Crippen LogP contribution in [0.15, 0.2) is 18.5 Å². The zero-order valence-corrected chi connectivity index (χ0v) is 15.1. The highest BCUT2D eigenvalue weighted by atomic mass is 16.2. The summed E-state index contributed by atoms with van der Waals surface area (Å²) in [6.45, 7) is 3.61. The van der Waals surface area contributed by atoms with E-state index in [0.717, 1.165) is 31.8 Å². The molecule has 0 bridgehead atoms. The third-order valence-electron chi connectivity index (χ3n) is 5.96. The summed E-state index contributed by atoms with van der Waals surface area (Å²) < 4.78 is 1.93. The van der Waals surface area contributed by atoms with Gasteiger partial charge in [0.05, 0.1) is 11.6 Å². The lowest BCUT2D eigenvalue weighted by Crippen LogP contribution is -2.53. The molecule has 2 fully saturated rings. The van der Waals surface area contributed by atoms with Gasteiger partial charge in [0.15, 0.2) is 5.82 Å². The first-order valence-corrected chi connectivity index (χ1v) is 9.61. The van der Waals surface area contributed by atoms with E-state index >= 15 is 0 Å². The molecular weight excluding hydrogens is 346 g/mol. The Labute approximate surface area is 156 Å². The van der Waals surface area contributed by atoms with Crippen LogP contribution in [0, 0.1) is 0 Å². The number of aromatic nitrogens is 4. The SMILES string of the molecule is O=C(NC1CCC1)c1nnc2n1CCN1CCN(C(=O)c3cc[nH]c3)C[C@@H]21. The zero-order valence-electron chi connectivity index (χ0n) is 15.1. The van der Waals surface area contributed by atoms with Crippen molar-refractivity contribution in [3.05, 3.63) is 35.7 Å². The molecule has 0 spiro atoms. The van der Waals surface area contributed by atoms with Gasteiger partial charge in [-0.05, 0) is 25.3 Å². The van der Waals surface area contributed by atoms with E-state index in [-0.39, 0.29) is 23.9 Å². The fourth-order valence-corrected chi connectivity index (χ4v) is 4.14. The second-order valence-corrected chi connectivity index (χ2v) is 7.54. The van der Waals surface area contributed by atoms with Crippen LogP contribution in [0.4, 0.5) is 0 Å². The molecule has 9 nitrogen and oxygen atoms in total. The van der Waals surface area contributed by atoms with E-state index in [2.05, 4.69) is 25.4 Å². The van der Waals surface area contributed by atoms with E-state index in [9.17, 15) is 9.59 Å². The number of carbonyl (C=O) groups excluding carboxylic acids is 2. The van der Waals surface area contributed by atoms with Crippen molar-refractivity contribution >= 4 is 11.8 Å². The van der Waals surface area contributed by atoms with Crippen molar-refractivity contribution in [1.29, 1.82) is 0 Å². The second kappa shape index (κ2) is 6.49. The van der Waals surface area contributed by atoms with E-state index in [1.54, 1.807) is 18.5 Å². The number of aromatic amines is 1. The van der Waals surface area contributed by atoms with Crippen molar-refractivity contribution in [3.8, 4) is 0 Å². The minimum absolute atomic E-state index is 0.0202. The van der Waals surface area contributed by atoms with E-state index in [4.69, 9.17) is 0 Å². The lowest BCUT2D eigenvalue weighted by molar-refractivity contribution is 0.0372. The van der Waals surface area contributed by atoms with Gasteiger partial charge in [-0.2, -0.15) is 0 Å². The van der Waals surface area contributed by atoms with E-state index in [1.807, 2.05) is 9.47 Å². The molecule has 2 aromatic heterocycles. The highest BCUT2D eigenvalue weighted by molar-refractivity contribution is 5.94. The van der Waals surface area contributed by atoms with Crippen molar-refractivity contribution in [1.82, 2.24) is 34.9 Å². The molecule has 9 heteroatoms. The summed E-state index contributed by atoms with van der Waals surface area (Å²) in [6, 6.07) is 2.05. The molecule has 1 atom stereocenters. The van der Waals surface area contributed by atoms with Crippen molar-refractivity contribution in [3.63, 3.8) is 0 Å². The van der Waals surface area contributed by atoms with Gasteiger partial charge < -0.3 is 19.8 Å². The highest BCUT2D eigenvalue weighted by Gasteiger charge is 2.38. The summed E-state index contributed by atoms with van der Waals surface area (Å²) in [5.41, 5.74) is 0.668. The number of nitrogens with zero attached hydrogens (tertiary/aromatic N) is 5. The number of piperazine rings is 1. The number of rotatable bonds is 3. The molecule has 4 heterocycles. The number of H-pyrrole nitrogens is 1. The standard InChI is InChI=1S/C18H23N7O2/c26-17(20-13-2-1-3-13)16-22-21-15-14-11-24(18(27)12-4-5-19-10-12)7-6-23(14)8-9-25(15)16/h4-5,10,13-14,19H,1-3,6-9,11H2,(H,20,26)/t14-/m0/s1. The molecule has 27 heavy (non-hydrogen) atoms. The van der Waals surface area contributed by atoms with Gasteiger partial charge in [-0.1, -0.05) is 0 Å². The van der Waals surface area contributed by atoms with Crippen LogP contribution in [0.25, 0.3) is 0 Å². The minimum Gasteiger partial charge on any atom is -0.367 e. The summed E-state index contributed by atoms with van der Waals surface area (Å²) in [5, 5.41) is 11.6. The van der Waals surface area contributed by atoms with Crippen LogP contribution in [0.1, 0.15) is 52.1 Å². The number of hydrogen-bond donors (Lipinski definition) is 2. The van der Waals surface area contributed by atoms with Crippen LogP contribution >= 0.6 is 0 Å². The molecule has 1 aliphatic carbocycles. The van der Waals surface area contributed by atoms with Crippen molar-refractivity contribution in [2.45, 2.75) is 37.9 Å². The molecule has 2 amide bonds. The number of amides is 2. The van der Waals surface area contributed by atoms with Gasteiger partial charge in [-0.3, -0.25) is 14.5 Å². The summed E-state index contributed by atoms with van der Waals surface area (Å²) in [5.74, 6) is 1.07. The number of fused-ring (bicyclic) bond motifs is 3. The number of hydrogen-bond acceptors (Lipinski definition) is 5. The normalized spacial score (nSPS) is 22.7. The van der Waals surface area contributed by atoms with Gasteiger partial charge in [-0.25, -0.2) is 0 Å². The molecule has 0 radical (unpaired) electrons. The Hall–Kier alpha value is -2.68. The van der Waals surface area contributed by atoms with Gasteiger partial charge in [0.2, 0.25) is 5.82 Å². The average molecular weight is 369 g/mol. The average Bonchev–Trinajstić information content (AvgIpc) is 3.33. The predicted molar refractivity (Wildman–Crippen MR) is 96.1 cm³/mol. The summed E-state index contributed by atoms with van der Waals surface area (Å²) in [6.07, 6.45) is 6.73. The fourth-order valence-electron chi connectivity index (χ4n) is 4.14. The molecule has 0 unspecified atom stereocenters. The van der Waals surface area contributed by atoms with E-state index in [1.165, 1.54) is 6.42 Å². The predicted octanol–water partition coefficient (Wildman–Crippen LogP) is 0.401. The Morgan fingerprint density at radius 3 is 2.74 bits per heavy atom. The lowest BCUT2D eigenvalue weighted by Gasteiger charge is -2.43. The Balaban J connectivity index is 1.36. The summed E-state index contributed by atoms with van der Waals surface area (Å²) >= 11 is 0. The van der Waals surface area contributed by atoms with Gasteiger partial charge >= 0.3 is 0 Å². The quantitative estimate of drug-likeness (QED) is 0.816. The smallest absolute Gasteiger partial charge is 0.289 e. The Kier molecular flexibility index (Phi) is 3.96. The van der Waals surface area contributed by atoms with Crippen molar-refractivity contribution < 1.29 is 9.59 Å². The third kappa shape index (κ3) is 2.82. The summed E-state index contributed by atoms with van der Waals surface area (Å²) in [7, 11) is 0. The van der Waals surface area contributed by atoms with Crippen LogP contribution in [0.3, 0.4) is 0 Å². The van der Waals surface area contributed by atoms with Crippen LogP contribution < -0.4 is 5.32 Å². The first-order chi connectivity index (χ1) is 13.2. The van der Waals surface area contributed by atoms with Crippen LogP contribution in [0.5, 0.6) is 0 Å². The minimum atomic E-state index is -0.136. The monoisotopic (exact) mass is 369 g/mol. The zero-order chi connectivity index (χ0) is 18.4. The number of nitrogens with one attached hydrogen (secondary N) is 2. The first-order valence-electron chi connectivity index (χ1n) is 9.61. The Morgan fingerprint density at radius 1 is 1.15 bits per heavy atom. The van der Waals surface area contributed by atoms with E-state index < -0.39 is 0 Å². The van der Waals surface area contributed by atoms with Crippen LogP contribution in [-0.2, 0) is 6.54 Å². The molecule has 5 rings (SSSR count). The lowest BCUT2D eigenvalue weighted by atomic mass is 9.93. The molecule has 1 saturated carbocycles. The maximum Gasteiger partial charge on any atom is 0.289 e. The molecule has 2 aliphatic heterocycles. The Morgan fingerprint density at radius 2 is 2.00 bits per heavy atom. The van der Waals surface area contributed by atoms with Crippen molar-refractivity contribution in [2.75, 3.05) is 26.2 Å². The third-order valence-corrected chi connectivity index (χ3v) is 5.96. The molecule has 2 N–H and O–H groups in total. The second-order valence-electron chi connectivity index (χ2n) is 7.54. The largest absolute Gasteiger partial charge is 0.367 e. The molecule has 2 aromatic rings. The molecule has 3 aliphatic rings. The van der Waals surface area contributed by atoms with Crippen LogP contribution in [0.2, 0.25) is 0 Å². The highest BCUT2D eigenvalue weighted by Crippen LogP contribution is 2.29. The van der Waals surface area contributed by atoms with Crippen LogP contribution in [-0.4, -0.2) is 73.6 Å². The first kappa shape index (κ1) is 16.5. The summed E-state index contributed by atoms with van der Waals surface area (Å²) in [4.78, 5) is 32.4. The maximum absolute atomic E-state index is 12.7. The van der Waals surface area contributed by atoms with Gasteiger partial charge in [0.1, 0.15) is 0 Å². The van der Waals surface area contributed by atoms with Gasteiger partial charge in [-0.15, -0.1) is 10.2 Å². The number of carbonyl (C=O) groups is 2. The molecule has 0 aromatic carbocycles. The van der Waals surface area contributed by atoms with Gasteiger partial charge in [0, 0.05) is 51.2 Å². The molecule has 1 saturated heterocycles. The van der Waals surface area contributed by atoms with E-state index in [0.29, 0.717) is 31.0 Å². The maximum atomic E-state index is 12.7. The molecular formula is C18H23N7O2. The van der Waals surface area contributed by atoms with Crippen molar-refractivity contribution in [2.24, 2.45) is 0 Å². The topological polar surface area (TPSA) is 99.2 Å². The van der Waals surface area contributed by atoms with Gasteiger partial charge in [0.25, 0.3) is 11.8 Å². The molecule has 142 valence electrons. The Bertz CT molecular complexity index is 855. The fraction of sp³-hybridized carbons (Fsp3) is 0.556.